The van der Waals surface area contributed by atoms with Gasteiger partial charge in [0.25, 0.3) is 0 Å². The molecule has 2 aromatic heterocycles. The number of halogens is 1. The van der Waals surface area contributed by atoms with Crippen LogP contribution in [0.4, 0.5) is 5.82 Å². The molecule has 1 unspecified atom stereocenters. The van der Waals surface area contributed by atoms with Crippen LogP contribution in [0.15, 0.2) is 16.4 Å². The predicted octanol–water partition coefficient (Wildman–Crippen LogP) is 3.68. The Hall–Kier alpha value is -1.24. The highest BCUT2D eigenvalue weighted by atomic mass is 35.5. The molecule has 1 aliphatic carbocycles. The minimum absolute atomic E-state index is 0.245. The molecule has 2 aromatic rings. The van der Waals surface area contributed by atoms with E-state index in [1.54, 1.807) is 11.3 Å². The molecule has 4 rings (SSSR count). The van der Waals surface area contributed by atoms with Crippen LogP contribution in [-0.2, 0) is 0 Å². The third-order valence-corrected chi connectivity index (χ3v) is 4.57. The fraction of sp³-hybridized carbons (Fsp3) is 0.500. The van der Waals surface area contributed by atoms with E-state index in [9.17, 15) is 0 Å². The highest BCUT2D eigenvalue weighted by molar-refractivity contribution is 7.17. The highest BCUT2D eigenvalue weighted by Gasteiger charge is 2.35. The maximum Gasteiger partial charge on any atom is 0.225 e. The summed E-state index contributed by atoms with van der Waals surface area (Å²) in [6.07, 6.45) is 3.57. The van der Waals surface area contributed by atoms with Crippen LogP contribution in [0.5, 0.6) is 0 Å². The van der Waals surface area contributed by atoms with Gasteiger partial charge in [0.15, 0.2) is 5.82 Å². The summed E-state index contributed by atoms with van der Waals surface area (Å²) in [5.41, 5.74) is 7.30. The SMILES string of the molecule is CC.Clc1nc(N=C2CC(C3CC3)NN2)c2sccc2n1. The molecule has 112 valence electrons. The smallest absolute Gasteiger partial charge is 0.225 e. The molecule has 7 heteroatoms. The van der Waals surface area contributed by atoms with Gasteiger partial charge in [-0.15, -0.1) is 11.3 Å². The molecular weight excluding hydrogens is 306 g/mol. The Kier molecular flexibility index (Phi) is 4.37. The molecule has 0 aromatic carbocycles. The first-order valence-corrected chi connectivity index (χ1v) is 8.55. The second-order valence-corrected chi connectivity index (χ2v) is 6.18. The molecule has 3 heterocycles. The molecule has 0 spiro atoms. The summed E-state index contributed by atoms with van der Waals surface area (Å²) >= 11 is 7.52. The van der Waals surface area contributed by atoms with Crippen LogP contribution in [0.1, 0.15) is 33.1 Å². The first-order valence-electron chi connectivity index (χ1n) is 7.29. The van der Waals surface area contributed by atoms with Crippen molar-refractivity contribution >= 4 is 44.8 Å². The van der Waals surface area contributed by atoms with Crippen molar-refractivity contribution < 1.29 is 0 Å². The second kappa shape index (κ2) is 6.25. The number of amidine groups is 1. The normalized spacial score (nSPS) is 23.0. The molecule has 0 amide bonds. The summed E-state index contributed by atoms with van der Waals surface area (Å²) in [4.78, 5) is 13.0. The van der Waals surface area contributed by atoms with E-state index in [0.717, 1.165) is 28.4 Å². The monoisotopic (exact) mass is 323 g/mol. The summed E-state index contributed by atoms with van der Waals surface area (Å²) in [6, 6.07) is 2.44. The summed E-state index contributed by atoms with van der Waals surface area (Å²) in [7, 11) is 0. The molecule has 1 saturated heterocycles. The number of nitrogens with one attached hydrogen (secondary N) is 2. The molecular formula is C14H18ClN5S. The lowest BCUT2D eigenvalue weighted by Crippen LogP contribution is -2.32. The van der Waals surface area contributed by atoms with E-state index in [1.807, 2.05) is 25.3 Å². The van der Waals surface area contributed by atoms with Crippen molar-refractivity contribution in [3.63, 3.8) is 0 Å². The molecule has 5 nitrogen and oxygen atoms in total. The van der Waals surface area contributed by atoms with E-state index < -0.39 is 0 Å². The van der Waals surface area contributed by atoms with Crippen molar-refractivity contribution in [3.8, 4) is 0 Å². The van der Waals surface area contributed by atoms with Gasteiger partial charge in [-0.25, -0.2) is 15.4 Å². The van der Waals surface area contributed by atoms with Crippen molar-refractivity contribution in [2.45, 2.75) is 39.2 Å². The maximum absolute atomic E-state index is 5.93. The number of hydrogen-bond donors (Lipinski definition) is 2. The lowest BCUT2D eigenvalue weighted by atomic mass is 10.1. The highest BCUT2D eigenvalue weighted by Crippen LogP contribution is 2.35. The standard InChI is InChI=1S/C12H12ClN5S.C2H6/c13-12-14-7-3-4-19-10(7)11(16-12)15-9-5-8(17-18-9)6-1-2-6;1-2/h3-4,6,8,17H,1-2,5H2,(H,14,15,16,18);1-2H3. The number of fused-ring (bicyclic) bond motifs is 1. The molecule has 21 heavy (non-hydrogen) atoms. The number of hydrogen-bond acceptors (Lipinski definition) is 5. The third kappa shape index (κ3) is 3.17. The van der Waals surface area contributed by atoms with Gasteiger partial charge in [0.05, 0.1) is 10.2 Å². The molecule has 1 atom stereocenters. The minimum atomic E-state index is 0.245. The summed E-state index contributed by atoms with van der Waals surface area (Å²) in [6.45, 7) is 4.00. The Morgan fingerprint density at radius 3 is 2.90 bits per heavy atom. The zero-order valence-corrected chi connectivity index (χ0v) is 13.6. The number of aromatic nitrogens is 2. The molecule has 1 saturated carbocycles. The number of rotatable bonds is 2. The molecule has 0 bridgehead atoms. The largest absolute Gasteiger partial charge is 0.309 e. The quantitative estimate of drug-likeness (QED) is 0.828. The molecule has 0 radical (unpaired) electrons. The maximum atomic E-state index is 5.93. The van der Waals surface area contributed by atoms with Crippen LogP contribution in [0.3, 0.4) is 0 Å². The van der Waals surface area contributed by atoms with Gasteiger partial charge in [0.2, 0.25) is 5.28 Å². The van der Waals surface area contributed by atoms with Gasteiger partial charge in [-0.3, -0.25) is 0 Å². The number of nitrogens with zero attached hydrogens (tertiary/aromatic N) is 3. The molecule has 2 N–H and O–H groups in total. The van der Waals surface area contributed by atoms with Gasteiger partial charge in [0.1, 0.15) is 5.84 Å². The van der Waals surface area contributed by atoms with Crippen molar-refractivity contribution in [3.05, 3.63) is 16.7 Å². The van der Waals surface area contributed by atoms with E-state index in [-0.39, 0.29) is 5.28 Å². The first-order chi connectivity index (χ1) is 10.3. The third-order valence-electron chi connectivity index (χ3n) is 3.51. The Morgan fingerprint density at radius 2 is 2.14 bits per heavy atom. The topological polar surface area (TPSA) is 62.2 Å². The molecule has 2 fully saturated rings. The number of aliphatic imine (C=N–C) groups is 1. The summed E-state index contributed by atoms with van der Waals surface area (Å²) in [5.74, 6) is 2.39. The number of hydrazine groups is 1. The van der Waals surface area contributed by atoms with Gasteiger partial charge in [-0.1, -0.05) is 13.8 Å². The van der Waals surface area contributed by atoms with Crippen molar-refractivity contribution in [2.24, 2.45) is 10.9 Å². The Morgan fingerprint density at radius 1 is 1.33 bits per heavy atom. The van der Waals surface area contributed by atoms with Crippen LogP contribution < -0.4 is 10.9 Å². The minimum Gasteiger partial charge on any atom is -0.309 e. The average Bonchev–Trinajstić information content (AvgIpc) is 3.05. The van der Waals surface area contributed by atoms with Crippen LogP contribution in [0, 0.1) is 5.92 Å². The predicted molar refractivity (Wildman–Crippen MR) is 88.3 cm³/mol. The van der Waals surface area contributed by atoms with Crippen molar-refractivity contribution in [1.82, 2.24) is 20.8 Å². The lowest BCUT2D eigenvalue weighted by Gasteiger charge is -2.03. The van der Waals surface area contributed by atoms with Gasteiger partial charge >= 0.3 is 0 Å². The van der Waals surface area contributed by atoms with Crippen LogP contribution >= 0.6 is 22.9 Å². The summed E-state index contributed by atoms with van der Waals surface area (Å²) in [5, 5.41) is 2.22. The van der Waals surface area contributed by atoms with E-state index >= 15 is 0 Å². The van der Waals surface area contributed by atoms with Crippen molar-refractivity contribution in [1.29, 1.82) is 0 Å². The molecule has 1 aliphatic heterocycles. The Balaban J connectivity index is 0.000000636. The fourth-order valence-electron chi connectivity index (χ4n) is 2.37. The average molecular weight is 324 g/mol. The lowest BCUT2D eigenvalue weighted by molar-refractivity contribution is 0.504. The van der Waals surface area contributed by atoms with Crippen molar-refractivity contribution in [2.75, 3.05) is 0 Å². The van der Waals surface area contributed by atoms with Gasteiger partial charge in [0, 0.05) is 12.5 Å². The summed E-state index contributed by atoms with van der Waals surface area (Å²) < 4.78 is 0.980. The van der Waals surface area contributed by atoms with E-state index in [0.29, 0.717) is 11.9 Å². The van der Waals surface area contributed by atoms with Crippen LogP contribution in [0.25, 0.3) is 10.2 Å². The number of thiophene rings is 1. The van der Waals surface area contributed by atoms with Gasteiger partial charge < -0.3 is 5.43 Å². The second-order valence-electron chi connectivity index (χ2n) is 4.93. The van der Waals surface area contributed by atoms with E-state index in [2.05, 4.69) is 25.8 Å². The Labute approximate surface area is 132 Å². The zero-order chi connectivity index (χ0) is 14.8. The fourth-order valence-corrected chi connectivity index (χ4v) is 3.30. The van der Waals surface area contributed by atoms with E-state index in [1.165, 1.54) is 12.8 Å². The van der Waals surface area contributed by atoms with E-state index in [4.69, 9.17) is 11.6 Å². The van der Waals surface area contributed by atoms with Crippen LogP contribution in [-0.4, -0.2) is 21.8 Å². The first kappa shape index (κ1) is 14.7. The van der Waals surface area contributed by atoms with Crippen LogP contribution in [0.2, 0.25) is 5.28 Å². The van der Waals surface area contributed by atoms with Gasteiger partial charge in [-0.2, -0.15) is 4.98 Å². The Bertz CT molecular complexity index is 664. The van der Waals surface area contributed by atoms with Gasteiger partial charge in [-0.05, 0) is 41.8 Å². The zero-order valence-electron chi connectivity index (χ0n) is 12.1. The molecule has 2 aliphatic rings.